The van der Waals surface area contributed by atoms with Crippen LogP contribution in [0.3, 0.4) is 0 Å². The number of nitrogens with one attached hydrogen (secondary N) is 2. The van der Waals surface area contributed by atoms with Crippen LogP contribution in [0.15, 0.2) is 4.99 Å². The van der Waals surface area contributed by atoms with E-state index < -0.39 is 9.84 Å². The average Bonchev–Trinajstić information content (AvgIpc) is 2.62. The van der Waals surface area contributed by atoms with E-state index in [0.717, 1.165) is 25.0 Å². The molecule has 1 atom stereocenters. The van der Waals surface area contributed by atoms with Crippen LogP contribution in [0.5, 0.6) is 0 Å². The highest BCUT2D eigenvalue weighted by Gasteiger charge is 2.21. The van der Waals surface area contributed by atoms with Gasteiger partial charge in [0.25, 0.3) is 0 Å². The molecule has 0 spiro atoms. The Balaban J connectivity index is 0.00000364. The van der Waals surface area contributed by atoms with Gasteiger partial charge in [0.2, 0.25) is 0 Å². The Morgan fingerprint density at radius 2 is 1.85 bits per heavy atom. The van der Waals surface area contributed by atoms with E-state index in [1.807, 2.05) is 0 Å². The summed E-state index contributed by atoms with van der Waals surface area (Å²) in [6.07, 6.45) is 9.57. The Kier molecular flexibility index (Phi) is 12.2. The smallest absolute Gasteiger partial charge is 0.191 e. The Bertz CT molecular complexity index is 522. The molecular formula is C19H39IN4O2S. The lowest BCUT2D eigenvalue weighted by molar-refractivity contribution is 0.304. The van der Waals surface area contributed by atoms with Crippen LogP contribution in [0.4, 0.5) is 0 Å². The minimum atomic E-state index is -2.80. The first-order valence-electron chi connectivity index (χ1n) is 10.5. The number of halogens is 1. The molecule has 2 aliphatic rings. The molecule has 1 saturated heterocycles. The number of sulfone groups is 1. The quantitative estimate of drug-likeness (QED) is 0.296. The van der Waals surface area contributed by atoms with E-state index in [-0.39, 0.29) is 35.5 Å². The molecule has 2 N–H and O–H groups in total. The zero-order chi connectivity index (χ0) is 18.8. The van der Waals surface area contributed by atoms with Crippen molar-refractivity contribution in [3.63, 3.8) is 0 Å². The first-order valence-corrected chi connectivity index (χ1v) is 12.3. The topological polar surface area (TPSA) is 73.8 Å². The number of aliphatic imine (C=N–C) groups is 1. The molecule has 8 heteroatoms. The summed E-state index contributed by atoms with van der Waals surface area (Å²) in [6, 6.07) is 0.426. The lowest BCUT2D eigenvalue weighted by Crippen LogP contribution is -2.44. The van der Waals surface area contributed by atoms with Crippen LogP contribution in [0.2, 0.25) is 0 Å². The number of hydrogen-bond donors (Lipinski definition) is 2. The summed E-state index contributed by atoms with van der Waals surface area (Å²) in [4.78, 5) is 6.88. The fourth-order valence-corrected chi connectivity index (χ4v) is 5.14. The maximum absolute atomic E-state index is 11.5. The van der Waals surface area contributed by atoms with Crippen LogP contribution in [0.25, 0.3) is 0 Å². The van der Waals surface area contributed by atoms with Gasteiger partial charge in [-0.15, -0.1) is 24.0 Å². The highest BCUT2D eigenvalue weighted by Crippen LogP contribution is 2.27. The molecule has 0 aromatic heterocycles. The highest BCUT2D eigenvalue weighted by molar-refractivity contribution is 14.0. The Labute approximate surface area is 183 Å². The van der Waals surface area contributed by atoms with Crippen molar-refractivity contribution < 1.29 is 8.42 Å². The predicted molar refractivity (Wildman–Crippen MR) is 125 cm³/mol. The molecule has 2 rings (SSSR count). The van der Waals surface area contributed by atoms with E-state index in [0.29, 0.717) is 25.7 Å². The zero-order valence-corrected chi connectivity index (χ0v) is 20.2. The number of nitrogens with zero attached hydrogens (tertiary/aromatic N) is 2. The van der Waals surface area contributed by atoms with Gasteiger partial charge in [-0.25, -0.2) is 8.42 Å². The molecule has 1 aliphatic heterocycles. The zero-order valence-electron chi connectivity index (χ0n) is 17.1. The van der Waals surface area contributed by atoms with Gasteiger partial charge in [0.1, 0.15) is 0 Å². The van der Waals surface area contributed by atoms with Gasteiger partial charge in [0.05, 0.1) is 18.1 Å². The van der Waals surface area contributed by atoms with E-state index in [2.05, 4.69) is 34.4 Å². The fourth-order valence-electron chi connectivity index (χ4n) is 3.86. The Hall–Kier alpha value is -0.0900. The van der Waals surface area contributed by atoms with Gasteiger partial charge in [-0.1, -0.05) is 32.1 Å². The largest absolute Gasteiger partial charge is 0.357 e. The maximum Gasteiger partial charge on any atom is 0.191 e. The Morgan fingerprint density at radius 3 is 2.48 bits per heavy atom. The molecule has 27 heavy (non-hydrogen) atoms. The van der Waals surface area contributed by atoms with E-state index in [1.54, 1.807) is 0 Å². The molecule has 1 saturated carbocycles. The van der Waals surface area contributed by atoms with Crippen molar-refractivity contribution in [2.24, 2.45) is 10.9 Å². The summed E-state index contributed by atoms with van der Waals surface area (Å²) in [5, 5.41) is 6.86. The molecule has 1 unspecified atom stereocenters. The van der Waals surface area contributed by atoms with E-state index in [1.165, 1.54) is 44.9 Å². The van der Waals surface area contributed by atoms with E-state index in [9.17, 15) is 8.42 Å². The van der Waals surface area contributed by atoms with Crippen LogP contribution < -0.4 is 10.6 Å². The normalized spacial score (nSPS) is 22.7. The van der Waals surface area contributed by atoms with E-state index >= 15 is 0 Å². The van der Waals surface area contributed by atoms with Crippen LogP contribution in [-0.2, 0) is 9.84 Å². The first-order chi connectivity index (χ1) is 12.5. The molecule has 0 aromatic rings. The second kappa shape index (κ2) is 13.2. The van der Waals surface area contributed by atoms with Crippen molar-refractivity contribution in [1.82, 2.24) is 15.5 Å². The second-order valence-corrected chi connectivity index (χ2v) is 10.2. The Morgan fingerprint density at radius 1 is 1.19 bits per heavy atom. The molecule has 6 nitrogen and oxygen atoms in total. The fraction of sp³-hybridized carbons (Fsp3) is 0.947. The molecule has 1 aliphatic carbocycles. The van der Waals surface area contributed by atoms with Crippen LogP contribution in [0, 0.1) is 5.92 Å². The van der Waals surface area contributed by atoms with Crippen LogP contribution in [-0.4, -0.2) is 69.5 Å². The number of hydrogen-bond acceptors (Lipinski definition) is 4. The first kappa shape index (κ1) is 24.9. The summed E-state index contributed by atoms with van der Waals surface area (Å²) in [5.74, 6) is 2.37. The summed E-state index contributed by atoms with van der Waals surface area (Å²) in [7, 11) is -2.80. The molecular weight excluding hydrogens is 475 g/mol. The predicted octanol–water partition coefficient (Wildman–Crippen LogP) is 2.64. The standard InChI is InChI=1S/C19H38N4O2S.HI/c1-3-20-19(21-11-12-23-13-15-26(24,25)16-14-23)22-17(2)9-10-18-7-5-4-6-8-18;/h17-18H,3-16H2,1-2H3,(H2,20,21,22);1H. The number of rotatable bonds is 8. The summed E-state index contributed by atoms with van der Waals surface area (Å²) < 4.78 is 23.0. The van der Waals surface area contributed by atoms with Crippen LogP contribution in [0.1, 0.15) is 58.8 Å². The van der Waals surface area contributed by atoms with Crippen molar-refractivity contribution in [1.29, 1.82) is 0 Å². The molecule has 0 amide bonds. The van der Waals surface area contributed by atoms with Gasteiger partial charge in [0, 0.05) is 32.2 Å². The molecule has 1 heterocycles. The van der Waals surface area contributed by atoms with Gasteiger partial charge in [-0.2, -0.15) is 0 Å². The molecule has 160 valence electrons. The monoisotopic (exact) mass is 514 g/mol. The van der Waals surface area contributed by atoms with Crippen LogP contribution >= 0.6 is 24.0 Å². The molecule has 0 radical (unpaired) electrons. The van der Waals surface area contributed by atoms with Gasteiger partial charge in [-0.3, -0.25) is 9.89 Å². The molecule has 0 bridgehead atoms. The molecule has 2 fully saturated rings. The number of guanidine groups is 1. The molecule has 0 aromatic carbocycles. The van der Waals surface area contributed by atoms with E-state index in [4.69, 9.17) is 0 Å². The van der Waals surface area contributed by atoms with Gasteiger partial charge in [0.15, 0.2) is 15.8 Å². The summed E-state index contributed by atoms with van der Waals surface area (Å²) in [6.45, 7) is 7.97. The minimum Gasteiger partial charge on any atom is -0.357 e. The summed E-state index contributed by atoms with van der Waals surface area (Å²) >= 11 is 0. The SMILES string of the molecule is CCNC(=NCCN1CCS(=O)(=O)CC1)NC(C)CCC1CCCCC1.I. The third kappa shape index (κ3) is 10.3. The minimum absolute atomic E-state index is 0. The van der Waals surface area contributed by atoms with Crippen molar-refractivity contribution in [2.75, 3.05) is 44.2 Å². The maximum atomic E-state index is 11.5. The lowest BCUT2D eigenvalue weighted by atomic mass is 9.85. The van der Waals surface area contributed by atoms with Crippen molar-refractivity contribution in [2.45, 2.75) is 64.8 Å². The van der Waals surface area contributed by atoms with Gasteiger partial charge >= 0.3 is 0 Å². The average molecular weight is 515 g/mol. The van der Waals surface area contributed by atoms with Gasteiger partial charge < -0.3 is 10.6 Å². The van der Waals surface area contributed by atoms with Crippen molar-refractivity contribution >= 4 is 39.8 Å². The second-order valence-electron chi connectivity index (χ2n) is 7.88. The highest BCUT2D eigenvalue weighted by atomic mass is 127. The van der Waals surface area contributed by atoms with Gasteiger partial charge in [-0.05, 0) is 32.6 Å². The van der Waals surface area contributed by atoms with Crippen molar-refractivity contribution in [3.05, 3.63) is 0 Å². The third-order valence-corrected chi connectivity index (χ3v) is 7.19. The summed E-state index contributed by atoms with van der Waals surface area (Å²) in [5.41, 5.74) is 0. The van der Waals surface area contributed by atoms with Crippen molar-refractivity contribution in [3.8, 4) is 0 Å². The lowest BCUT2D eigenvalue weighted by Gasteiger charge is -2.26. The third-order valence-electron chi connectivity index (χ3n) is 5.58.